The molecule has 0 atom stereocenters. The summed E-state index contributed by atoms with van der Waals surface area (Å²) in [5, 5.41) is 2.25. The average molecular weight is 734 g/mol. The minimum atomic E-state index is 0.910. The summed E-state index contributed by atoms with van der Waals surface area (Å²) in [6.45, 7) is 4.62. The van der Waals surface area contributed by atoms with E-state index in [1.807, 2.05) is 47.2 Å². The van der Waals surface area contributed by atoms with E-state index in [1.165, 1.54) is 120 Å². The lowest BCUT2D eigenvalue weighted by molar-refractivity contribution is 0.600. The molecule has 0 aromatic carbocycles. The van der Waals surface area contributed by atoms with Gasteiger partial charge < -0.3 is 0 Å². The highest BCUT2D eigenvalue weighted by atomic mass is 32.1. The van der Waals surface area contributed by atoms with Crippen LogP contribution in [0.3, 0.4) is 0 Å². The van der Waals surface area contributed by atoms with Crippen LogP contribution in [-0.4, -0.2) is 16.2 Å². The van der Waals surface area contributed by atoms with Crippen LogP contribution >= 0.6 is 34.0 Å². The summed E-state index contributed by atoms with van der Waals surface area (Å²) in [5.41, 5.74) is 8.36. The van der Waals surface area contributed by atoms with E-state index in [2.05, 4.69) is 84.1 Å². The van der Waals surface area contributed by atoms with E-state index in [1.54, 1.807) is 11.1 Å². The molecule has 0 amide bonds. The Labute approximate surface area is 319 Å². The third-order valence-corrected chi connectivity index (χ3v) is 13.6. The monoisotopic (exact) mass is 733 g/mol. The molecule has 0 bridgehead atoms. The maximum absolute atomic E-state index is 5.01. The molecule has 6 rings (SSSR count). The summed E-state index contributed by atoms with van der Waals surface area (Å²) >= 11 is 5.99. The van der Waals surface area contributed by atoms with Gasteiger partial charge in [0.1, 0.15) is 0 Å². The van der Waals surface area contributed by atoms with E-state index in [4.69, 9.17) is 9.98 Å². The van der Waals surface area contributed by atoms with Gasteiger partial charge in [-0.3, -0.25) is 9.98 Å². The van der Waals surface area contributed by atoms with Crippen molar-refractivity contribution in [3.8, 4) is 30.9 Å². The Morgan fingerprint density at radius 2 is 1.33 bits per heavy atom. The topological polar surface area (TPSA) is 38.1 Å². The fourth-order valence-electron chi connectivity index (χ4n) is 7.09. The number of aliphatic imine (C=N–C) groups is 1. The van der Waals surface area contributed by atoms with Gasteiger partial charge in [-0.05, 0) is 116 Å². The van der Waals surface area contributed by atoms with Crippen molar-refractivity contribution >= 4 is 45.9 Å². The number of rotatable bonds is 21. The van der Waals surface area contributed by atoms with E-state index in [9.17, 15) is 0 Å². The van der Waals surface area contributed by atoms with Gasteiger partial charge in [-0.2, -0.15) is 0 Å². The SMILES string of the molecule is CCCCCCCCc1c(-c2cccs2)sc(-c2ccc(CCc3cc(C4=CCCC=N4)nc(-c4ccccn4)c3)s2)c1CCCCCCCC. The zero-order valence-electron chi connectivity index (χ0n) is 30.8. The largest absolute Gasteiger partial charge is 0.259 e. The lowest BCUT2D eigenvalue weighted by Gasteiger charge is -2.11. The summed E-state index contributed by atoms with van der Waals surface area (Å²) in [7, 11) is 0. The zero-order valence-corrected chi connectivity index (χ0v) is 33.2. The number of pyridine rings is 2. The van der Waals surface area contributed by atoms with Crippen LogP contribution in [0.5, 0.6) is 0 Å². The van der Waals surface area contributed by atoms with Crippen LogP contribution in [0.2, 0.25) is 0 Å². The first-order valence-corrected chi connectivity index (χ1v) is 22.2. The van der Waals surface area contributed by atoms with E-state index >= 15 is 0 Å². The molecule has 0 saturated heterocycles. The lowest BCUT2D eigenvalue weighted by Crippen LogP contribution is -1.99. The van der Waals surface area contributed by atoms with Crippen molar-refractivity contribution in [2.24, 2.45) is 4.99 Å². The molecule has 1 aliphatic rings. The van der Waals surface area contributed by atoms with Crippen molar-refractivity contribution in [1.29, 1.82) is 0 Å². The standard InChI is InChI=1S/C45H55N3S3/c1-3-5-7-9-11-13-20-36-37(21-14-12-10-8-6-4-2)45(51-44(36)42-24-19-31-49-42)43-28-27-35(50-43)26-25-34-32-40(38-22-15-17-29-46-38)48-41(33-34)39-23-16-18-30-47-39/h15,17,19,22-24,27-33H,3-14,16,18,20-21,25-26H2,1-2H3. The normalized spacial score (nSPS) is 12.9. The van der Waals surface area contributed by atoms with Crippen LogP contribution in [0.25, 0.3) is 36.6 Å². The number of hydrogen-bond donors (Lipinski definition) is 0. The van der Waals surface area contributed by atoms with Crippen molar-refractivity contribution in [2.75, 3.05) is 0 Å². The molecular weight excluding hydrogens is 679 g/mol. The predicted molar refractivity (Wildman–Crippen MR) is 226 cm³/mol. The molecule has 0 unspecified atom stereocenters. The Morgan fingerprint density at radius 1 is 0.608 bits per heavy atom. The van der Waals surface area contributed by atoms with Gasteiger partial charge in [0.15, 0.2) is 0 Å². The molecule has 5 aromatic heterocycles. The van der Waals surface area contributed by atoms with Crippen LogP contribution in [0.15, 0.2) is 77.2 Å². The number of nitrogens with zero attached hydrogens (tertiary/aromatic N) is 3. The summed E-state index contributed by atoms with van der Waals surface area (Å²) in [6, 6.07) is 19.9. The molecule has 5 aromatic rings. The first-order chi connectivity index (χ1) is 25.2. The van der Waals surface area contributed by atoms with Gasteiger partial charge in [0.25, 0.3) is 0 Å². The molecule has 3 nitrogen and oxygen atoms in total. The van der Waals surface area contributed by atoms with E-state index in [-0.39, 0.29) is 0 Å². The van der Waals surface area contributed by atoms with Gasteiger partial charge in [-0.25, -0.2) is 4.98 Å². The Hall–Kier alpha value is -3.19. The second-order valence-electron chi connectivity index (χ2n) is 13.9. The number of hydrogen-bond acceptors (Lipinski definition) is 6. The van der Waals surface area contributed by atoms with Crippen molar-refractivity contribution in [3.05, 3.63) is 99.5 Å². The molecule has 0 fully saturated rings. The maximum Gasteiger partial charge on any atom is 0.0897 e. The summed E-state index contributed by atoms with van der Waals surface area (Å²) in [6.07, 6.45) is 28.6. The smallest absolute Gasteiger partial charge is 0.0897 e. The van der Waals surface area contributed by atoms with E-state index in [0.717, 1.165) is 48.5 Å². The summed E-state index contributed by atoms with van der Waals surface area (Å²) in [4.78, 5) is 21.8. The summed E-state index contributed by atoms with van der Waals surface area (Å²) in [5.74, 6) is 0. The molecule has 1 aliphatic heterocycles. The van der Waals surface area contributed by atoms with Crippen LogP contribution in [-0.2, 0) is 25.7 Å². The first-order valence-electron chi connectivity index (χ1n) is 19.7. The maximum atomic E-state index is 5.01. The molecule has 51 heavy (non-hydrogen) atoms. The minimum absolute atomic E-state index is 0.910. The van der Waals surface area contributed by atoms with Crippen LogP contribution in [0.4, 0.5) is 0 Å². The molecule has 0 saturated carbocycles. The molecular formula is C45H55N3S3. The van der Waals surface area contributed by atoms with Gasteiger partial charge in [-0.15, -0.1) is 34.0 Å². The molecule has 0 radical (unpaired) electrons. The van der Waals surface area contributed by atoms with Crippen molar-refractivity contribution in [2.45, 2.75) is 129 Å². The number of aromatic nitrogens is 2. The zero-order chi connectivity index (χ0) is 35.1. The van der Waals surface area contributed by atoms with Gasteiger partial charge >= 0.3 is 0 Å². The first kappa shape index (κ1) is 37.6. The highest BCUT2D eigenvalue weighted by Gasteiger charge is 2.22. The molecule has 268 valence electrons. The van der Waals surface area contributed by atoms with E-state index in [0.29, 0.717) is 0 Å². The minimum Gasteiger partial charge on any atom is -0.259 e. The number of allylic oxidation sites excluding steroid dienone is 1. The molecule has 0 N–H and O–H groups in total. The average Bonchev–Trinajstić information content (AvgIpc) is 3.95. The Morgan fingerprint density at radius 3 is 2.00 bits per heavy atom. The highest BCUT2D eigenvalue weighted by molar-refractivity contribution is 7.26. The van der Waals surface area contributed by atoms with Gasteiger partial charge in [0, 0.05) is 36.8 Å². The molecule has 6 heterocycles. The fraction of sp³-hybridized carbons (Fsp3) is 0.444. The lowest BCUT2D eigenvalue weighted by atomic mass is 9.95. The van der Waals surface area contributed by atoms with Crippen molar-refractivity contribution < 1.29 is 0 Å². The van der Waals surface area contributed by atoms with Crippen LogP contribution in [0, 0.1) is 0 Å². The molecule has 0 spiro atoms. The quantitative estimate of drug-likeness (QED) is 0.0704. The summed E-state index contributed by atoms with van der Waals surface area (Å²) < 4.78 is 0. The van der Waals surface area contributed by atoms with Crippen LogP contribution in [0.1, 0.15) is 131 Å². The van der Waals surface area contributed by atoms with Crippen LogP contribution < -0.4 is 0 Å². The molecule has 6 heteroatoms. The van der Waals surface area contributed by atoms with Crippen molar-refractivity contribution in [1.82, 2.24) is 9.97 Å². The number of unbranched alkanes of at least 4 members (excludes halogenated alkanes) is 10. The molecule has 0 aliphatic carbocycles. The van der Waals surface area contributed by atoms with Gasteiger partial charge in [-0.1, -0.05) is 96.3 Å². The fourth-order valence-corrected chi connectivity index (χ4v) is 10.5. The second-order valence-corrected chi connectivity index (χ2v) is 17.1. The Balaban J connectivity index is 1.24. The Bertz CT molecular complexity index is 1830. The number of aryl methyl sites for hydroxylation is 2. The number of thiophene rings is 3. The highest BCUT2D eigenvalue weighted by Crippen LogP contribution is 2.47. The van der Waals surface area contributed by atoms with Gasteiger partial charge in [0.05, 0.1) is 22.8 Å². The van der Waals surface area contributed by atoms with E-state index < -0.39 is 0 Å². The predicted octanol–water partition coefficient (Wildman–Crippen LogP) is 14.5. The third kappa shape index (κ3) is 10.7. The second kappa shape index (κ2) is 20.2. The Kier molecular flexibility index (Phi) is 14.8. The third-order valence-electron chi connectivity index (χ3n) is 9.91. The van der Waals surface area contributed by atoms with Crippen molar-refractivity contribution in [3.63, 3.8) is 0 Å². The van der Waals surface area contributed by atoms with Gasteiger partial charge in [0.2, 0.25) is 0 Å².